The van der Waals surface area contributed by atoms with Crippen molar-refractivity contribution in [3.63, 3.8) is 0 Å². The van der Waals surface area contributed by atoms with Crippen LogP contribution < -0.4 is 0 Å². The van der Waals surface area contributed by atoms with Gasteiger partial charge in [0.05, 0.1) is 12.0 Å². The summed E-state index contributed by atoms with van der Waals surface area (Å²) in [6.07, 6.45) is 3.28. The predicted octanol–water partition coefficient (Wildman–Crippen LogP) is 3.28. The second kappa shape index (κ2) is 5.37. The van der Waals surface area contributed by atoms with Crippen LogP contribution in [0.4, 0.5) is 0 Å². The quantitative estimate of drug-likeness (QED) is 0.786. The van der Waals surface area contributed by atoms with Gasteiger partial charge in [-0.15, -0.1) is 0 Å². The summed E-state index contributed by atoms with van der Waals surface area (Å²) >= 11 is 3.12. The molecule has 0 saturated heterocycles. The van der Waals surface area contributed by atoms with Crippen LogP contribution in [0.15, 0.2) is 21.2 Å². The Balaban J connectivity index is 2.00. The molecule has 2 atom stereocenters. The summed E-state index contributed by atoms with van der Waals surface area (Å²) in [6, 6.07) is 5.39. The van der Waals surface area contributed by atoms with Crippen molar-refractivity contribution >= 4 is 21.9 Å². The topological polar surface area (TPSA) is 63.2 Å². The lowest BCUT2D eigenvalue weighted by molar-refractivity contribution is 0.00741. The van der Waals surface area contributed by atoms with Gasteiger partial charge in [0.15, 0.2) is 4.67 Å². The number of carbonyl (C=O) groups is 1. The van der Waals surface area contributed by atoms with Crippen LogP contribution in [0.2, 0.25) is 0 Å². The predicted molar refractivity (Wildman–Crippen MR) is 63.2 cm³/mol. The van der Waals surface area contributed by atoms with Gasteiger partial charge in [-0.05, 0) is 47.3 Å². The van der Waals surface area contributed by atoms with Crippen LogP contribution in [0.25, 0.3) is 0 Å². The fourth-order valence-corrected chi connectivity index (χ4v) is 2.31. The zero-order valence-electron chi connectivity index (χ0n) is 9.19. The maximum atomic E-state index is 11.7. The van der Waals surface area contributed by atoms with Gasteiger partial charge in [-0.2, -0.15) is 5.26 Å². The first-order valence-corrected chi connectivity index (χ1v) is 6.36. The molecule has 1 aromatic rings. The highest BCUT2D eigenvalue weighted by Crippen LogP contribution is 2.27. The molecule has 0 bridgehead atoms. The highest BCUT2D eigenvalue weighted by Gasteiger charge is 2.29. The van der Waals surface area contributed by atoms with Crippen molar-refractivity contribution in [1.82, 2.24) is 0 Å². The van der Waals surface area contributed by atoms with E-state index in [4.69, 9.17) is 14.4 Å². The Morgan fingerprint density at radius 2 is 2.24 bits per heavy atom. The van der Waals surface area contributed by atoms with E-state index in [0.717, 1.165) is 25.7 Å². The maximum absolute atomic E-state index is 11.7. The summed E-state index contributed by atoms with van der Waals surface area (Å²) in [5.74, 6) is -0.520. The molecule has 17 heavy (non-hydrogen) atoms. The Bertz CT molecular complexity index is 449. The summed E-state index contributed by atoms with van der Waals surface area (Å²) in [5, 5.41) is 8.98. The van der Waals surface area contributed by atoms with Gasteiger partial charge in [0, 0.05) is 0 Å². The van der Waals surface area contributed by atoms with Crippen LogP contribution in [-0.4, -0.2) is 12.1 Å². The SMILES string of the molecule is N#C[C@@H]1CCCC[C@@H]1OC(=O)c1ccc(Br)o1. The molecule has 5 heteroatoms. The molecule has 0 amide bonds. The van der Waals surface area contributed by atoms with Crippen molar-refractivity contribution in [2.45, 2.75) is 31.8 Å². The second-order valence-electron chi connectivity index (χ2n) is 4.07. The van der Waals surface area contributed by atoms with Crippen LogP contribution in [0, 0.1) is 17.2 Å². The summed E-state index contributed by atoms with van der Waals surface area (Å²) in [5.41, 5.74) is 0. The van der Waals surface area contributed by atoms with E-state index in [9.17, 15) is 4.79 Å². The van der Waals surface area contributed by atoms with Gasteiger partial charge in [-0.3, -0.25) is 0 Å². The molecule has 0 N–H and O–H groups in total. The van der Waals surface area contributed by atoms with Crippen LogP contribution in [0.1, 0.15) is 36.2 Å². The Kier molecular flexibility index (Phi) is 3.85. The third kappa shape index (κ3) is 2.89. The number of hydrogen-bond acceptors (Lipinski definition) is 4. The number of nitrogens with zero attached hydrogens (tertiary/aromatic N) is 1. The van der Waals surface area contributed by atoms with Crippen molar-refractivity contribution in [3.05, 3.63) is 22.6 Å². The average molecular weight is 298 g/mol. The van der Waals surface area contributed by atoms with E-state index in [0.29, 0.717) is 4.67 Å². The van der Waals surface area contributed by atoms with Crippen LogP contribution in [-0.2, 0) is 4.74 Å². The number of halogens is 1. The number of nitriles is 1. The molecule has 1 fully saturated rings. The van der Waals surface area contributed by atoms with Crippen molar-refractivity contribution in [1.29, 1.82) is 5.26 Å². The highest BCUT2D eigenvalue weighted by atomic mass is 79.9. The number of esters is 1. The lowest BCUT2D eigenvalue weighted by atomic mass is 9.87. The van der Waals surface area contributed by atoms with Crippen LogP contribution in [0.3, 0.4) is 0 Å². The lowest BCUT2D eigenvalue weighted by Gasteiger charge is -2.25. The fraction of sp³-hybridized carbons (Fsp3) is 0.500. The molecular formula is C12H12BrNO3. The molecule has 0 unspecified atom stereocenters. The van der Waals surface area contributed by atoms with E-state index in [-0.39, 0.29) is 17.8 Å². The Hall–Kier alpha value is -1.28. The van der Waals surface area contributed by atoms with E-state index in [2.05, 4.69) is 22.0 Å². The summed E-state index contributed by atoms with van der Waals surface area (Å²) < 4.78 is 10.9. The van der Waals surface area contributed by atoms with Crippen LogP contribution >= 0.6 is 15.9 Å². The van der Waals surface area contributed by atoms with E-state index in [1.165, 1.54) is 0 Å². The minimum Gasteiger partial charge on any atom is -0.455 e. The molecule has 1 aromatic heterocycles. The first-order valence-electron chi connectivity index (χ1n) is 5.56. The highest BCUT2D eigenvalue weighted by molar-refractivity contribution is 9.10. The summed E-state index contributed by atoms with van der Waals surface area (Å²) in [7, 11) is 0. The first-order chi connectivity index (χ1) is 8.20. The Labute approximate surface area is 108 Å². The average Bonchev–Trinajstić information content (AvgIpc) is 2.77. The molecule has 0 aliphatic heterocycles. The monoisotopic (exact) mass is 297 g/mol. The summed E-state index contributed by atoms with van der Waals surface area (Å²) in [6.45, 7) is 0. The molecule has 0 spiro atoms. The van der Waals surface area contributed by atoms with Gasteiger partial charge in [0.2, 0.25) is 5.76 Å². The zero-order valence-corrected chi connectivity index (χ0v) is 10.8. The van der Waals surface area contributed by atoms with Gasteiger partial charge in [-0.25, -0.2) is 4.79 Å². The number of hydrogen-bond donors (Lipinski definition) is 0. The van der Waals surface area contributed by atoms with Gasteiger partial charge >= 0.3 is 5.97 Å². The molecule has 1 saturated carbocycles. The Morgan fingerprint density at radius 1 is 1.47 bits per heavy atom. The second-order valence-corrected chi connectivity index (χ2v) is 4.85. The third-order valence-electron chi connectivity index (χ3n) is 2.90. The first kappa shape index (κ1) is 12.2. The van der Waals surface area contributed by atoms with Crippen molar-refractivity contribution in [3.8, 4) is 6.07 Å². The van der Waals surface area contributed by atoms with Gasteiger partial charge in [-0.1, -0.05) is 6.42 Å². The largest absolute Gasteiger partial charge is 0.455 e. The lowest BCUT2D eigenvalue weighted by Crippen LogP contribution is -2.29. The zero-order chi connectivity index (χ0) is 12.3. The maximum Gasteiger partial charge on any atom is 0.374 e. The number of carbonyl (C=O) groups excluding carboxylic acids is 1. The third-order valence-corrected chi connectivity index (χ3v) is 3.33. The molecule has 1 aliphatic rings. The van der Waals surface area contributed by atoms with Gasteiger partial charge < -0.3 is 9.15 Å². The minimum atomic E-state index is -0.497. The van der Waals surface area contributed by atoms with E-state index < -0.39 is 5.97 Å². The van der Waals surface area contributed by atoms with Gasteiger partial charge in [0.25, 0.3) is 0 Å². The van der Waals surface area contributed by atoms with E-state index in [1.807, 2.05) is 0 Å². The minimum absolute atomic E-state index is 0.166. The molecule has 4 nitrogen and oxygen atoms in total. The number of ether oxygens (including phenoxy) is 1. The molecule has 1 aliphatic carbocycles. The molecule has 0 aromatic carbocycles. The molecular weight excluding hydrogens is 286 g/mol. The van der Waals surface area contributed by atoms with Crippen molar-refractivity contribution in [2.24, 2.45) is 5.92 Å². The van der Waals surface area contributed by atoms with E-state index >= 15 is 0 Å². The van der Waals surface area contributed by atoms with Gasteiger partial charge in [0.1, 0.15) is 6.10 Å². The van der Waals surface area contributed by atoms with Crippen molar-refractivity contribution < 1.29 is 13.9 Å². The molecule has 90 valence electrons. The smallest absolute Gasteiger partial charge is 0.374 e. The molecule has 0 radical (unpaired) electrons. The Morgan fingerprint density at radius 3 is 2.88 bits per heavy atom. The van der Waals surface area contributed by atoms with Crippen LogP contribution in [0.5, 0.6) is 0 Å². The standard InChI is InChI=1S/C12H12BrNO3/c13-11-6-5-10(16-11)12(15)17-9-4-2-1-3-8(9)7-14/h5-6,8-9H,1-4H2/t8-,9-/m0/s1. The summed E-state index contributed by atoms with van der Waals surface area (Å²) in [4.78, 5) is 11.7. The molecule has 1 heterocycles. The fourth-order valence-electron chi connectivity index (χ4n) is 2.01. The van der Waals surface area contributed by atoms with E-state index in [1.54, 1.807) is 12.1 Å². The number of rotatable bonds is 2. The number of furan rings is 1. The molecule has 2 rings (SSSR count). The normalized spacial score (nSPS) is 24.0. The van der Waals surface area contributed by atoms with Crippen molar-refractivity contribution in [2.75, 3.05) is 0 Å².